The monoisotopic (exact) mass is 482 g/mol. The predicted octanol–water partition coefficient (Wildman–Crippen LogP) is 5.03. The number of hydrogen-bond donors (Lipinski definition) is 5. The molecular weight excluding hydrogens is 452 g/mol. The highest BCUT2D eigenvalue weighted by atomic mass is 32.2. The Hall–Kier alpha value is -3.85. The zero-order valence-corrected chi connectivity index (χ0v) is 20.2. The van der Waals surface area contributed by atoms with Gasteiger partial charge in [-0.05, 0) is 49.2 Å². The molecule has 0 saturated carbocycles. The molecule has 8 nitrogen and oxygen atoms in total. The van der Waals surface area contributed by atoms with Gasteiger partial charge in [-0.2, -0.15) is 0 Å². The van der Waals surface area contributed by atoms with Crippen LogP contribution in [0.3, 0.4) is 0 Å². The van der Waals surface area contributed by atoms with Crippen LogP contribution in [0.4, 0.5) is 16.2 Å². The van der Waals surface area contributed by atoms with Gasteiger partial charge in [-0.25, -0.2) is 13.2 Å². The van der Waals surface area contributed by atoms with Crippen LogP contribution in [0, 0.1) is 5.41 Å². The van der Waals surface area contributed by atoms with E-state index in [1.54, 1.807) is 48.5 Å². The molecule has 6 N–H and O–H groups in total. The molecule has 0 heterocycles. The second kappa shape index (κ2) is 11.9. The van der Waals surface area contributed by atoms with Crippen LogP contribution in [0.1, 0.15) is 25.8 Å². The summed E-state index contributed by atoms with van der Waals surface area (Å²) in [5.41, 5.74) is 8.92. The van der Waals surface area contributed by atoms with Crippen molar-refractivity contribution >= 4 is 33.1 Å². The van der Waals surface area contributed by atoms with E-state index in [1.807, 2.05) is 24.3 Å². The Labute approximate surface area is 200 Å². The largest absolute Gasteiger partial charge is 0.465 e. The Balaban J connectivity index is 0.000000257. The molecule has 9 heteroatoms. The van der Waals surface area contributed by atoms with Gasteiger partial charge in [0, 0.05) is 34.8 Å². The standard InChI is InChI=1S/C14H13NO4S.C11H17N3/c1-20(18,19)13-5-3-2-4-12(13)10-6-8-11(9-7-10)15-14(16)17;1-3-8(2)14-10-6-4-5-9(7-10)11(12)13/h2-9,15H,1H3,(H,16,17);4-8,14H,3H2,1-2H3,(H3,12,13)/t;8-/m.0/s1. The van der Waals surface area contributed by atoms with Gasteiger partial charge in [-0.15, -0.1) is 0 Å². The molecule has 0 aromatic heterocycles. The topological polar surface area (TPSA) is 145 Å². The Kier molecular flexibility index (Phi) is 9.20. The number of anilines is 2. The molecule has 0 aliphatic carbocycles. The summed E-state index contributed by atoms with van der Waals surface area (Å²) >= 11 is 0. The summed E-state index contributed by atoms with van der Waals surface area (Å²) < 4.78 is 23.5. The molecule has 0 aliphatic rings. The third-order valence-electron chi connectivity index (χ3n) is 4.93. The minimum absolute atomic E-state index is 0.109. The Morgan fingerprint density at radius 3 is 2.24 bits per heavy atom. The summed E-state index contributed by atoms with van der Waals surface area (Å²) in [7, 11) is -3.32. The molecule has 0 radical (unpaired) electrons. The van der Waals surface area contributed by atoms with Crippen LogP contribution in [0.15, 0.2) is 77.7 Å². The van der Waals surface area contributed by atoms with Gasteiger partial charge in [-0.3, -0.25) is 10.7 Å². The van der Waals surface area contributed by atoms with E-state index in [9.17, 15) is 13.2 Å². The number of nitrogens with one attached hydrogen (secondary N) is 3. The maximum atomic E-state index is 11.7. The van der Waals surface area contributed by atoms with Gasteiger partial charge in [0.1, 0.15) is 5.84 Å². The highest BCUT2D eigenvalue weighted by molar-refractivity contribution is 7.90. The van der Waals surface area contributed by atoms with Crippen LogP contribution in [0.5, 0.6) is 0 Å². The molecule has 0 fully saturated rings. The molecule has 1 amide bonds. The van der Waals surface area contributed by atoms with Gasteiger partial charge in [-0.1, -0.05) is 49.4 Å². The molecule has 0 unspecified atom stereocenters. The van der Waals surface area contributed by atoms with Crippen LogP contribution >= 0.6 is 0 Å². The molecule has 1 atom stereocenters. The zero-order valence-electron chi connectivity index (χ0n) is 19.4. The van der Waals surface area contributed by atoms with Gasteiger partial charge in [0.05, 0.1) is 4.90 Å². The molecule has 0 saturated heterocycles. The number of sulfone groups is 1. The van der Waals surface area contributed by atoms with E-state index in [2.05, 4.69) is 24.5 Å². The average molecular weight is 483 g/mol. The first-order chi connectivity index (χ1) is 16.0. The lowest BCUT2D eigenvalue weighted by Gasteiger charge is -2.13. The molecule has 3 aromatic rings. The smallest absolute Gasteiger partial charge is 0.409 e. The lowest BCUT2D eigenvalue weighted by Crippen LogP contribution is -2.15. The molecule has 3 aromatic carbocycles. The van der Waals surface area contributed by atoms with Crippen molar-refractivity contribution in [1.82, 2.24) is 0 Å². The summed E-state index contributed by atoms with van der Waals surface area (Å²) in [5, 5.41) is 21.5. The fourth-order valence-corrected chi connectivity index (χ4v) is 3.96. The van der Waals surface area contributed by atoms with Crippen molar-refractivity contribution in [3.05, 3.63) is 78.4 Å². The summed E-state index contributed by atoms with van der Waals surface area (Å²) in [6.45, 7) is 4.26. The lowest BCUT2D eigenvalue weighted by molar-refractivity contribution is 0.209. The van der Waals surface area contributed by atoms with Crippen molar-refractivity contribution in [2.24, 2.45) is 5.73 Å². The summed E-state index contributed by atoms with van der Waals surface area (Å²) in [4.78, 5) is 10.8. The number of nitrogen functional groups attached to an aromatic ring is 1. The van der Waals surface area contributed by atoms with Gasteiger partial charge >= 0.3 is 6.09 Å². The highest BCUT2D eigenvalue weighted by Crippen LogP contribution is 2.28. The van der Waals surface area contributed by atoms with E-state index in [0.29, 0.717) is 22.9 Å². The first kappa shape index (κ1) is 26.4. The van der Waals surface area contributed by atoms with Gasteiger partial charge in [0.25, 0.3) is 0 Å². The molecular formula is C25H30N4O4S. The first-order valence-corrected chi connectivity index (χ1v) is 12.5. The zero-order chi connectivity index (χ0) is 25.3. The number of benzene rings is 3. The number of carbonyl (C=O) groups is 1. The van der Waals surface area contributed by atoms with Gasteiger partial charge < -0.3 is 16.2 Å². The average Bonchev–Trinajstić information content (AvgIpc) is 2.79. The van der Waals surface area contributed by atoms with Crippen LogP contribution in [-0.4, -0.2) is 37.8 Å². The maximum absolute atomic E-state index is 11.7. The van der Waals surface area contributed by atoms with Crippen molar-refractivity contribution < 1.29 is 18.3 Å². The molecule has 0 aliphatic heterocycles. The van der Waals surface area contributed by atoms with Crippen molar-refractivity contribution in [1.29, 1.82) is 5.41 Å². The Morgan fingerprint density at radius 2 is 1.68 bits per heavy atom. The number of rotatable bonds is 7. The Bertz CT molecular complexity index is 1240. The summed E-state index contributed by atoms with van der Waals surface area (Å²) in [6.07, 6.45) is 1.09. The van der Waals surface area contributed by atoms with Crippen LogP contribution in [0.2, 0.25) is 0 Å². The third-order valence-corrected chi connectivity index (χ3v) is 6.09. The fraction of sp³-hybridized carbons (Fsp3) is 0.200. The number of hydrogen-bond acceptors (Lipinski definition) is 5. The van der Waals surface area contributed by atoms with Crippen LogP contribution in [-0.2, 0) is 9.84 Å². The SMILES string of the molecule is CC[C@H](C)Nc1cccc(C(=N)N)c1.CS(=O)(=O)c1ccccc1-c1ccc(NC(=O)O)cc1. The molecule has 180 valence electrons. The van der Waals surface area contributed by atoms with Crippen molar-refractivity contribution in [3.8, 4) is 11.1 Å². The normalized spacial score (nSPS) is 11.5. The minimum Gasteiger partial charge on any atom is -0.465 e. The van der Waals surface area contributed by atoms with E-state index in [1.165, 1.54) is 0 Å². The number of amides is 1. The summed E-state index contributed by atoms with van der Waals surface area (Å²) in [6, 6.07) is 21.3. The van der Waals surface area contributed by atoms with Crippen molar-refractivity contribution in [2.75, 3.05) is 16.9 Å². The quantitative estimate of drug-likeness (QED) is 0.236. The van der Waals surface area contributed by atoms with Crippen molar-refractivity contribution in [2.45, 2.75) is 31.2 Å². The second-order valence-corrected chi connectivity index (χ2v) is 9.71. The molecule has 0 spiro atoms. The van der Waals surface area contributed by atoms with E-state index in [0.717, 1.165) is 23.9 Å². The maximum Gasteiger partial charge on any atom is 0.409 e. The van der Waals surface area contributed by atoms with E-state index in [-0.39, 0.29) is 10.7 Å². The lowest BCUT2D eigenvalue weighted by atomic mass is 10.1. The minimum atomic E-state index is -3.32. The Morgan fingerprint density at radius 1 is 1.03 bits per heavy atom. The first-order valence-electron chi connectivity index (χ1n) is 10.6. The van der Waals surface area contributed by atoms with E-state index in [4.69, 9.17) is 16.2 Å². The second-order valence-electron chi connectivity index (χ2n) is 7.72. The predicted molar refractivity (Wildman–Crippen MR) is 137 cm³/mol. The van der Waals surface area contributed by atoms with Gasteiger partial charge in [0.15, 0.2) is 9.84 Å². The van der Waals surface area contributed by atoms with Crippen molar-refractivity contribution in [3.63, 3.8) is 0 Å². The highest BCUT2D eigenvalue weighted by Gasteiger charge is 2.13. The van der Waals surface area contributed by atoms with E-state index >= 15 is 0 Å². The van der Waals surface area contributed by atoms with Crippen LogP contribution in [0.25, 0.3) is 11.1 Å². The number of carboxylic acid groups (broad SMARTS) is 1. The van der Waals surface area contributed by atoms with E-state index < -0.39 is 15.9 Å². The number of amidine groups is 1. The fourth-order valence-electron chi connectivity index (χ4n) is 3.05. The van der Waals surface area contributed by atoms with Gasteiger partial charge in [0.2, 0.25) is 0 Å². The third kappa shape index (κ3) is 7.93. The molecule has 3 rings (SSSR count). The summed E-state index contributed by atoms with van der Waals surface area (Å²) in [5.74, 6) is 0.109. The van der Waals surface area contributed by atoms with Crippen LogP contribution < -0.4 is 16.4 Å². The molecule has 0 bridgehead atoms. The number of nitrogens with two attached hydrogens (primary N) is 1. The molecule has 34 heavy (non-hydrogen) atoms.